The van der Waals surface area contributed by atoms with Crippen molar-refractivity contribution in [1.82, 2.24) is 20.1 Å². The van der Waals surface area contributed by atoms with Gasteiger partial charge < -0.3 is 10.4 Å². The van der Waals surface area contributed by atoms with E-state index in [1.165, 1.54) is 0 Å². The fourth-order valence-corrected chi connectivity index (χ4v) is 3.06. The highest BCUT2D eigenvalue weighted by molar-refractivity contribution is 7.98. The Morgan fingerprint density at radius 3 is 2.83 bits per heavy atom. The molecular weight excluding hydrogens is 324 g/mol. The number of aliphatic hydroxyl groups is 1. The van der Waals surface area contributed by atoms with E-state index in [2.05, 4.69) is 15.4 Å². The highest BCUT2D eigenvalue weighted by atomic mass is 32.2. The SMILES string of the molecule is CSCC[C@@H](CO)NC(=O)Cc1c(C)nn(-c2ccccn2)c1C. The molecule has 1 atom stereocenters. The van der Waals surface area contributed by atoms with Crippen molar-refractivity contribution in [3.8, 4) is 5.82 Å². The van der Waals surface area contributed by atoms with Crippen LogP contribution in [-0.2, 0) is 11.2 Å². The summed E-state index contributed by atoms with van der Waals surface area (Å²) in [4.78, 5) is 16.6. The first-order valence-corrected chi connectivity index (χ1v) is 9.31. The quantitative estimate of drug-likeness (QED) is 0.758. The van der Waals surface area contributed by atoms with Crippen molar-refractivity contribution in [1.29, 1.82) is 0 Å². The van der Waals surface area contributed by atoms with Crippen LogP contribution >= 0.6 is 11.8 Å². The number of rotatable bonds is 8. The lowest BCUT2D eigenvalue weighted by atomic mass is 10.1. The van der Waals surface area contributed by atoms with E-state index in [0.29, 0.717) is 0 Å². The molecule has 0 aliphatic heterocycles. The second-order valence-electron chi connectivity index (χ2n) is 5.65. The number of carbonyl (C=O) groups excluding carboxylic acids is 1. The van der Waals surface area contributed by atoms with Crippen molar-refractivity contribution in [3.05, 3.63) is 41.3 Å². The third kappa shape index (κ3) is 4.58. The number of amides is 1. The summed E-state index contributed by atoms with van der Waals surface area (Å²) in [5, 5.41) is 16.8. The summed E-state index contributed by atoms with van der Waals surface area (Å²) >= 11 is 1.70. The Kier molecular flexibility index (Phi) is 6.81. The van der Waals surface area contributed by atoms with Crippen LogP contribution in [0.15, 0.2) is 24.4 Å². The zero-order valence-electron chi connectivity index (χ0n) is 14.3. The molecule has 0 unspecified atom stereocenters. The van der Waals surface area contributed by atoms with Gasteiger partial charge in [-0.3, -0.25) is 4.79 Å². The maximum absolute atomic E-state index is 12.3. The minimum atomic E-state index is -0.198. The number of nitrogens with zero attached hydrogens (tertiary/aromatic N) is 3. The first-order valence-electron chi connectivity index (χ1n) is 7.92. The van der Waals surface area contributed by atoms with Gasteiger partial charge in [0.25, 0.3) is 0 Å². The Balaban J connectivity index is 2.10. The smallest absolute Gasteiger partial charge is 0.224 e. The largest absolute Gasteiger partial charge is 0.394 e. The van der Waals surface area contributed by atoms with E-state index in [-0.39, 0.29) is 25.0 Å². The molecule has 2 rings (SSSR count). The molecule has 0 saturated heterocycles. The number of aliphatic hydroxyl groups excluding tert-OH is 1. The topological polar surface area (TPSA) is 80.0 Å². The van der Waals surface area contributed by atoms with Gasteiger partial charge in [-0.2, -0.15) is 16.9 Å². The first-order chi connectivity index (χ1) is 11.6. The van der Waals surface area contributed by atoms with Crippen LogP contribution in [0.25, 0.3) is 5.82 Å². The summed E-state index contributed by atoms with van der Waals surface area (Å²) in [7, 11) is 0. The van der Waals surface area contributed by atoms with Gasteiger partial charge in [-0.25, -0.2) is 9.67 Å². The zero-order valence-corrected chi connectivity index (χ0v) is 15.1. The molecule has 1 amide bonds. The van der Waals surface area contributed by atoms with Gasteiger partial charge in [0.2, 0.25) is 5.91 Å². The Morgan fingerprint density at radius 1 is 1.42 bits per heavy atom. The molecular formula is C17H24N4O2S. The van der Waals surface area contributed by atoms with Crippen molar-refractivity contribution in [2.75, 3.05) is 18.6 Å². The average molecular weight is 348 g/mol. The van der Waals surface area contributed by atoms with E-state index in [0.717, 1.165) is 34.9 Å². The molecule has 0 aliphatic carbocycles. The van der Waals surface area contributed by atoms with Crippen LogP contribution in [0.1, 0.15) is 23.4 Å². The monoisotopic (exact) mass is 348 g/mol. The van der Waals surface area contributed by atoms with Crippen LogP contribution in [0.2, 0.25) is 0 Å². The van der Waals surface area contributed by atoms with Crippen molar-refractivity contribution >= 4 is 17.7 Å². The molecule has 130 valence electrons. The average Bonchev–Trinajstić information content (AvgIpc) is 2.87. The van der Waals surface area contributed by atoms with E-state index < -0.39 is 0 Å². The number of hydrogen-bond acceptors (Lipinski definition) is 5. The standard InChI is InChI=1S/C17H24N4O2S/c1-12-15(10-17(23)19-14(11-22)7-9-24-3)13(2)21(20-12)16-6-4-5-8-18-16/h4-6,8,14,22H,7,9-11H2,1-3H3,(H,19,23)/t14-/m0/s1. The predicted octanol–water partition coefficient (Wildman–Crippen LogP) is 1.66. The summed E-state index contributed by atoms with van der Waals surface area (Å²) in [6.45, 7) is 3.79. The zero-order chi connectivity index (χ0) is 17.5. The van der Waals surface area contributed by atoms with Gasteiger partial charge in [-0.05, 0) is 44.4 Å². The molecule has 0 radical (unpaired) electrons. The minimum absolute atomic E-state index is 0.0442. The fraction of sp³-hybridized carbons (Fsp3) is 0.471. The lowest BCUT2D eigenvalue weighted by Gasteiger charge is -2.15. The summed E-state index contributed by atoms with van der Waals surface area (Å²) in [6.07, 6.45) is 4.74. The fourth-order valence-electron chi connectivity index (χ4n) is 2.54. The number of carbonyl (C=O) groups is 1. The third-order valence-electron chi connectivity index (χ3n) is 3.90. The summed E-state index contributed by atoms with van der Waals surface area (Å²) in [5.74, 6) is 1.54. The van der Waals surface area contributed by atoms with Crippen molar-refractivity contribution in [3.63, 3.8) is 0 Å². The number of aromatic nitrogens is 3. The molecule has 24 heavy (non-hydrogen) atoms. The van der Waals surface area contributed by atoms with Crippen LogP contribution < -0.4 is 5.32 Å². The molecule has 0 aromatic carbocycles. The van der Waals surface area contributed by atoms with Crippen molar-refractivity contribution in [2.24, 2.45) is 0 Å². The molecule has 2 aromatic heterocycles. The molecule has 0 fully saturated rings. The van der Waals surface area contributed by atoms with Crippen LogP contribution in [0.3, 0.4) is 0 Å². The molecule has 2 aromatic rings. The Morgan fingerprint density at radius 2 is 2.21 bits per heavy atom. The Bertz CT molecular complexity index is 673. The van der Waals surface area contributed by atoms with E-state index >= 15 is 0 Å². The van der Waals surface area contributed by atoms with E-state index in [1.807, 2.05) is 38.3 Å². The van der Waals surface area contributed by atoms with Gasteiger partial charge in [0, 0.05) is 17.5 Å². The number of nitrogens with one attached hydrogen (secondary N) is 1. The van der Waals surface area contributed by atoms with Crippen LogP contribution in [0.5, 0.6) is 0 Å². The Labute approximate surface area is 146 Å². The first kappa shape index (κ1) is 18.5. The van der Waals surface area contributed by atoms with Crippen LogP contribution in [0.4, 0.5) is 0 Å². The Hall–Kier alpha value is -1.86. The van der Waals surface area contributed by atoms with Gasteiger partial charge in [-0.15, -0.1) is 0 Å². The van der Waals surface area contributed by atoms with Gasteiger partial charge in [0.1, 0.15) is 0 Å². The molecule has 0 bridgehead atoms. The summed E-state index contributed by atoms with van der Waals surface area (Å²) in [5.41, 5.74) is 2.63. The van der Waals surface area contributed by atoms with E-state index in [4.69, 9.17) is 0 Å². The molecule has 0 saturated carbocycles. The molecule has 6 nitrogen and oxygen atoms in total. The highest BCUT2D eigenvalue weighted by Gasteiger charge is 2.18. The molecule has 2 N–H and O–H groups in total. The molecule has 2 heterocycles. The van der Waals surface area contributed by atoms with Crippen molar-refractivity contribution < 1.29 is 9.90 Å². The number of aryl methyl sites for hydroxylation is 1. The lowest BCUT2D eigenvalue weighted by Crippen LogP contribution is -2.38. The second-order valence-corrected chi connectivity index (χ2v) is 6.64. The summed E-state index contributed by atoms with van der Waals surface area (Å²) in [6, 6.07) is 5.44. The maximum Gasteiger partial charge on any atom is 0.224 e. The predicted molar refractivity (Wildman–Crippen MR) is 96.6 cm³/mol. The van der Waals surface area contributed by atoms with E-state index in [9.17, 15) is 9.90 Å². The normalized spacial score (nSPS) is 12.2. The third-order valence-corrected chi connectivity index (χ3v) is 4.54. The number of thioether (sulfide) groups is 1. The molecule has 0 spiro atoms. The molecule has 0 aliphatic rings. The van der Waals surface area contributed by atoms with Gasteiger partial charge in [0.05, 0.1) is 24.8 Å². The maximum atomic E-state index is 12.3. The van der Waals surface area contributed by atoms with Gasteiger partial charge >= 0.3 is 0 Å². The number of hydrogen-bond donors (Lipinski definition) is 2. The minimum Gasteiger partial charge on any atom is -0.394 e. The lowest BCUT2D eigenvalue weighted by molar-refractivity contribution is -0.121. The number of pyridine rings is 1. The second kappa shape index (κ2) is 8.84. The van der Waals surface area contributed by atoms with Crippen LogP contribution in [0, 0.1) is 13.8 Å². The van der Waals surface area contributed by atoms with Gasteiger partial charge in [-0.1, -0.05) is 6.07 Å². The van der Waals surface area contributed by atoms with Crippen LogP contribution in [-0.4, -0.2) is 50.4 Å². The summed E-state index contributed by atoms with van der Waals surface area (Å²) < 4.78 is 1.76. The highest BCUT2D eigenvalue weighted by Crippen LogP contribution is 2.17. The van der Waals surface area contributed by atoms with Gasteiger partial charge in [0.15, 0.2) is 5.82 Å². The van der Waals surface area contributed by atoms with E-state index in [1.54, 1.807) is 22.6 Å². The van der Waals surface area contributed by atoms with Crippen molar-refractivity contribution in [2.45, 2.75) is 32.7 Å². The molecule has 7 heteroatoms.